The number of anilines is 1. The van der Waals surface area contributed by atoms with Crippen molar-refractivity contribution >= 4 is 29.2 Å². The summed E-state index contributed by atoms with van der Waals surface area (Å²) < 4.78 is 4.71. The lowest BCUT2D eigenvalue weighted by atomic mass is 10.3. The van der Waals surface area contributed by atoms with Crippen LogP contribution in [0, 0.1) is 0 Å². The van der Waals surface area contributed by atoms with Gasteiger partial charge in [0.15, 0.2) is 0 Å². The first-order valence-corrected chi connectivity index (χ1v) is 5.91. The van der Waals surface area contributed by atoms with Crippen molar-refractivity contribution < 1.29 is 14.3 Å². The van der Waals surface area contributed by atoms with Crippen LogP contribution in [0.1, 0.15) is 6.92 Å². The molecular weight excluding hydrogens is 256 g/mol. The van der Waals surface area contributed by atoms with Gasteiger partial charge in [0.25, 0.3) is 0 Å². The molecule has 0 aliphatic heterocycles. The molecule has 0 atom stereocenters. The third kappa shape index (κ3) is 5.65. The Morgan fingerprint density at radius 1 is 1.22 bits per heavy atom. The Kier molecular flexibility index (Phi) is 6.18. The summed E-state index contributed by atoms with van der Waals surface area (Å²) in [6.07, 6.45) is 0. The molecule has 0 bridgehead atoms. The van der Waals surface area contributed by atoms with Crippen molar-refractivity contribution in [2.24, 2.45) is 0 Å². The molecule has 0 heterocycles. The van der Waals surface area contributed by atoms with Crippen LogP contribution in [0.25, 0.3) is 0 Å². The molecule has 0 aliphatic rings. The number of halogens is 1. The predicted molar refractivity (Wildman–Crippen MR) is 69.6 cm³/mol. The quantitative estimate of drug-likeness (QED) is 0.768. The largest absolute Gasteiger partial charge is 0.465 e. The van der Waals surface area contributed by atoms with Crippen LogP contribution in [0.2, 0.25) is 5.02 Å². The summed E-state index contributed by atoms with van der Waals surface area (Å²) in [5.41, 5.74) is 0.655. The number of esters is 1. The molecule has 1 rings (SSSR count). The Hall–Kier alpha value is -1.59. The average Bonchev–Trinajstić information content (AvgIpc) is 2.32. The second-order valence-electron chi connectivity index (χ2n) is 3.46. The smallest absolute Gasteiger partial charge is 0.319 e. The molecule has 0 saturated carbocycles. The third-order valence-electron chi connectivity index (χ3n) is 1.99. The molecular formula is C12H15ClN2O3. The SMILES string of the molecule is CCOC(=O)CNCC(=O)Nc1ccc(Cl)cc1. The van der Waals surface area contributed by atoms with Crippen LogP contribution >= 0.6 is 11.6 Å². The zero-order chi connectivity index (χ0) is 13.4. The predicted octanol–water partition coefficient (Wildman–Crippen LogP) is 1.43. The second kappa shape index (κ2) is 7.68. The molecule has 1 amide bonds. The lowest BCUT2D eigenvalue weighted by Crippen LogP contribution is -2.32. The lowest BCUT2D eigenvalue weighted by molar-refractivity contribution is -0.141. The standard InChI is InChI=1S/C12H15ClN2O3/c1-2-18-12(17)8-14-7-11(16)15-10-5-3-9(13)4-6-10/h3-6,14H,2,7-8H2,1H3,(H,15,16). The van der Waals surface area contributed by atoms with Crippen molar-refractivity contribution in [1.82, 2.24) is 5.32 Å². The number of rotatable bonds is 6. The number of nitrogens with one attached hydrogen (secondary N) is 2. The van der Waals surface area contributed by atoms with E-state index in [2.05, 4.69) is 10.6 Å². The molecule has 0 radical (unpaired) electrons. The van der Waals surface area contributed by atoms with Crippen LogP contribution in [0.5, 0.6) is 0 Å². The molecule has 1 aromatic rings. The van der Waals surface area contributed by atoms with Gasteiger partial charge >= 0.3 is 5.97 Å². The Morgan fingerprint density at radius 2 is 1.89 bits per heavy atom. The highest BCUT2D eigenvalue weighted by Gasteiger charge is 2.04. The van der Waals surface area contributed by atoms with Crippen LogP contribution in [0.4, 0.5) is 5.69 Å². The maximum absolute atomic E-state index is 11.5. The fourth-order valence-corrected chi connectivity index (χ4v) is 1.35. The molecule has 0 spiro atoms. The third-order valence-corrected chi connectivity index (χ3v) is 2.24. The lowest BCUT2D eigenvalue weighted by Gasteiger charge is -2.06. The first-order chi connectivity index (χ1) is 8.61. The number of carbonyl (C=O) groups is 2. The van der Waals surface area contributed by atoms with E-state index in [1.807, 2.05) is 0 Å². The molecule has 6 heteroatoms. The molecule has 18 heavy (non-hydrogen) atoms. The average molecular weight is 271 g/mol. The van der Waals surface area contributed by atoms with Crippen molar-refractivity contribution in [3.05, 3.63) is 29.3 Å². The summed E-state index contributed by atoms with van der Waals surface area (Å²) in [4.78, 5) is 22.5. The van der Waals surface area contributed by atoms with Gasteiger partial charge in [-0.05, 0) is 31.2 Å². The second-order valence-corrected chi connectivity index (χ2v) is 3.90. The summed E-state index contributed by atoms with van der Waals surface area (Å²) in [6, 6.07) is 6.77. The molecule has 0 aliphatic carbocycles. The summed E-state index contributed by atoms with van der Waals surface area (Å²) in [5.74, 6) is -0.613. The van der Waals surface area contributed by atoms with Gasteiger partial charge in [0, 0.05) is 10.7 Å². The molecule has 5 nitrogen and oxygen atoms in total. The van der Waals surface area contributed by atoms with E-state index >= 15 is 0 Å². The number of carbonyl (C=O) groups excluding carboxylic acids is 2. The minimum absolute atomic E-state index is 0.0158. The maximum atomic E-state index is 11.5. The van der Waals surface area contributed by atoms with Crippen molar-refractivity contribution in [1.29, 1.82) is 0 Å². The maximum Gasteiger partial charge on any atom is 0.319 e. The van der Waals surface area contributed by atoms with E-state index < -0.39 is 0 Å². The van der Waals surface area contributed by atoms with Gasteiger partial charge in [-0.3, -0.25) is 14.9 Å². The number of ether oxygens (including phenoxy) is 1. The van der Waals surface area contributed by atoms with Gasteiger partial charge in [-0.25, -0.2) is 0 Å². The van der Waals surface area contributed by atoms with E-state index in [0.717, 1.165) is 0 Å². The monoisotopic (exact) mass is 270 g/mol. The van der Waals surface area contributed by atoms with E-state index in [9.17, 15) is 9.59 Å². The van der Waals surface area contributed by atoms with Crippen molar-refractivity contribution in [2.75, 3.05) is 25.0 Å². The summed E-state index contributed by atoms with van der Waals surface area (Å²) >= 11 is 5.72. The van der Waals surface area contributed by atoms with Crippen molar-refractivity contribution in [3.8, 4) is 0 Å². The normalized spacial score (nSPS) is 9.89. The molecule has 0 unspecified atom stereocenters. The fraction of sp³-hybridized carbons (Fsp3) is 0.333. The van der Waals surface area contributed by atoms with Crippen LogP contribution < -0.4 is 10.6 Å². The molecule has 0 saturated heterocycles. The van der Waals surface area contributed by atoms with Crippen LogP contribution in [-0.4, -0.2) is 31.6 Å². The van der Waals surface area contributed by atoms with Crippen LogP contribution in [0.15, 0.2) is 24.3 Å². The van der Waals surface area contributed by atoms with Gasteiger partial charge in [-0.1, -0.05) is 11.6 Å². The van der Waals surface area contributed by atoms with E-state index in [1.54, 1.807) is 31.2 Å². The van der Waals surface area contributed by atoms with Crippen molar-refractivity contribution in [3.63, 3.8) is 0 Å². The van der Waals surface area contributed by atoms with Gasteiger partial charge in [-0.15, -0.1) is 0 Å². The first kappa shape index (κ1) is 14.5. The zero-order valence-corrected chi connectivity index (χ0v) is 10.8. The molecule has 0 aromatic heterocycles. The number of benzene rings is 1. The zero-order valence-electron chi connectivity index (χ0n) is 10.0. The number of hydrogen-bond donors (Lipinski definition) is 2. The molecule has 2 N–H and O–H groups in total. The number of hydrogen-bond acceptors (Lipinski definition) is 4. The molecule has 98 valence electrons. The minimum atomic E-state index is -0.378. The Morgan fingerprint density at radius 3 is 2.50 bits per heavy atom. The van der Waals surface area contributed by atoms with Crippen LogP contribution in [-0.2, 0) is 14.3 Å². The first-order valence-electron chi connectivity index (χ1n) is 5.53. The molecule has 0 fully saturated rings. The summed E-state index contributed by atoms with van der Waals surface area (Å²) in [6.45, 7) is 2.12. The van der Waals surface area contributed by atoms with Gasteiger partial charge in [0.05, 0.1) is 19.7 Å². The highest BCUT2D eigenvalue weighted by Crippen LogP contribution is 2.12. The highest BCUT2D eigenvalue weighted by molar-refractivity contribution is 6.30. The van der Waals surface area contributed by atoms with E-state index in [0.29, 0.717) is 17.3 Å². The minimum Gasteiger partial charge on any atom is -0.465 e. The Balaban J connectivity index is 2.25. The van der Waals surface area contributed by atoms with Crippen molar-refractivity contribution in [2.45, 2.75) is 6.92 Å². The molecule has 1 aromatic carbocycles. The fourth-order valence-electron chi connectivity index (χ4n) is 1.23. The summed E-state index contributed by atoms with van der Waals surface area (Å²) in [5, 5.41) is 5.96. The Bertz CT molecular complexity index is 406. The van der Waals surface area contributed by atoms with Gasteiger partial charge in [-0.2, -0.15) is 0 Å². The van der Waals surface area contributed by atoms with E-state index in [-0.39, 0.29) is 25.0 Å². The summed E-state index contributed by atoms with van der Waals surface area (Å²) in [7, 11) is 0. The van der Waals surface area contributed by atoms with E-state index in [4.69, 9.17) is 16.3 Å². The van der Waals surface area contributed by atoms with Gasteiger partial charge in [0.2, 0.25) is 5.91 Å². The van der Waals surface area contributed by atoms with Gasteiger partial charge < -0.3 is 10.1 Å². The van der Waals surface area contributed by atoms with Gasteiger partial charge in [0.1, 0.15) is 0 Å². The van der Waals surface area contributed by atoms with Crippen LogP contribution in [0.3, 0.4) is 0 Å². The highest BCUT2D eigenvalue weighted by atomic mass is 35.5. The Labute approximate surface area is 110 Å². The van der Waals surface area contributed by atoms with E-state index in [1.165, 1.54) is 0 Å². The number of amides is 1. The topological polar surface area (TPSA) is 67.4 Å².